The van der Waals surface area contributed by atoms with E-state index in [1.807, 2.05) is 0 Å². The van der Waals surface area contributed by atoms with Gasteiger partial charge in [0, 0.05) is 32.0 Å². The summed E-state index contributed by atoms with van der Waals surface area (Å²) in [5.74, 6) is 0.380. The minimum absolute atomic E-state index is 0.167. The number of aromatic nitrogens is 1. The topological polar surface area (TPSA) is 74.6 Å². The first-order valence-electron chi connectivity index (χ1n) is 6.94. The molecule has 20 heavy (non-hydrogen) atoms. The number of aryl methyl sites for hydroxylation is 1. The van der Waals surface area contributed by atoms with E-state index in [0.717, 1.165) is 26.1 Å². The lowest BCUT2D eigenvalue weighted by molar-refractivity contribution is 0.272. The Morgan fingerprint density at radius 1 is 1.50 bits per heavy atom. The summed E-state index contributed by atoms with van der Waals surface area (Å²) >= 11 is 0. The van der Waals surface area contributed by atoms with Crippen LogP contribution in [0.5, 0.6) is 0 Å². The molecule has 1 saturated heterocycles. The van der Waals surface area contributed by atoms with Gasteiger partial charge in [-0.25, -0.2) is 13.1 Å². The Morgan fingerprint density at radius 2 is 2.25 bits per heavy atom. The monoisotopic (exact) mass is 301 g/mol. The van der Waals surface area contributed by atoms with Crippen molar-refractivity contribution in [2.75, 3.05) is 26.2 Å². The summed E-state index contributed by atoms with van der Waals surface area (Å²) < 4.78 is 28.7. The van der Waals surface area contributed by atoms with Gasteiger partial charge in [0.1, 0.15) is 0 Å². The van der Waals surface area contributed by atoms with Crippen molar-refractivity contribution < 1.29 is 13.5 Å². The van der Waals surface area contributed by atoms with E-state index in [-0.39, 0.29) is 11.5 Å². The highest BCUT2D eigenvalue weighted by molar-refractivity contribution is 7.89. The first-order chi connectivity index (χ1) is 9.46. The predicted molar refractivity (Wildman–Crippen MR) is 76.7 cm³/mol. The first-order valence-corrected chi connectivity index (χ1v) is 8.42. The number of hydrogen-bond acceptors (Lipinski definition) is 4. The lowest BCUT2D eigenvalue weighted by atomic mass is 10.1. The maximum Gasteiger partial charge on any atom is 0.242 e. The van der Waals surface area contributed by atoms with Crippen LogP contribution in [-0.2, 0) is 23.7 Å². The summed E-state index contributed by atoms with van der Waals surface area (Å²) in [6.07, 6.45) is 2.56. The molecule has 6 nitrogen and oxygen atoms in total. The number of rotatable bonds is 6. The molecule has 1 aromatic heterocycles. The highest BCUT2D eigenvalue weighted by Gasteiger charge is 2.24. The molecule has 1 fully saturated rings. The van der Waals surface area contributed by atoms with Crippen LogP contribution in [0.1, 0.15) is 19.0 Å². The van der Waals surface area contributed by atoms with E-state index in [9.17, 15) is 8.42 Å². The third-order valence-corrected chi connectivity index (χ3v) is 5.32. The van der Waals surface area contributed by atoms with Crippen LogP contribution in [0.4, 0.5) is 0 Å². The van der Waals surface area contributed by atoms with Crippen LogP contribution >= 0.6 is 0 Å². The van der Waals surface area contributed by atoms with Crippen molar-refractivity contribution in [3.63, 3.8) is 0 Å². The molecule has 0 aromatic carbocycles. The maximum absolute atomic E-state index is 12.2. The van der Waals surface area contributed by atoms with Crippen LogP contribution in [0.25, 0.3) is 0 Å². The molecule has 0 aliphatic carbocycles. The summed E-state index contributed by atoms with van der Waals surface area (Å²) in [5.41, 5.74) is 0.586. The Morgan fingerprint density at radius 3 is 2.80 bits per heavy atom. The van der Waals surface area contributed by atoms with Crippen LogP contribution in [0.15, 0.2) is 17.2 Å². The molecule has 0 bridgehead atoms. The minimum atomic E-state index is -3.48. The summed E-state index contributed by atoms with van der Waals surface area (Å²) in [5, 5.41) is 9.11. The van der Waals surface area contributed by atoms with E-state index in [1.54, 1.807) is 11.6 Å². The van der Waals surface area contributed by atoms with Crippen LogP contribution in [0, 0.1) is 5.92 Å². The quantitative estimate of drug-likeness (QED) is 0.784. The van der Waals surface area contributed by atoms with Crippen molar-refractivity contribution >= 4 is 10.0 Å². The number of aliphatic hydroxyl groups is 1. The van der Waals surface area contributed by atoms with Crippen molar-refractivity contribution in [1.29, 1.82) is 0 Å². The third kappa shape index (κ3) is 3.41. The molecule has 1 aromatic rings. The fourth-order valence-electron chi connectivity index (χ4n) is 2.56. The molecule has 0 saturated carbocycles. The normalized spacial score (nSPS) is 20.6. The molecule has 2 N–H and O–H groups in total. The number of sulfonamides is 1. The van der Waals surface area contributed by atoms with Crippen LogP contribution in [0.3, 0.4) is 0 Å². The van der Waals surface area contributed by atoms with Gasteiger partial charge in [-0.3, -0.25) is 0 Å². The van der Waals surface area contributed by atoms with Crippen LogP contribution in [-0.4, -0.2) is 49.2 Å². The lowest BCUT2D eigenvalue weighted by Crippen LogP contribution is -2.30. The summed E-state index contributed by atoms with van der Waals surface area (Å²) in [6, 6.07) is 1.51. The van der Waals surface area contributed by atoms with E-state index in [2.05, 4.69) is 16.5 Å². The summed E-state index contributed by atoms with van der Waals surface area (Å²) in [4.78, 5) is 2.54. The Kier molecular flexibility index (Phi) is 4.85. The molecule has 2 rings (SSSR count). The number of likely N-dealkylation sites (tertiary alicyclic amines) is 1. The number of aliphatic hydroxyl groups excluding tert-OH is 1. The fraction of sp³-hybridized carbons (Fsp3) is 0.692. The maximum atomic E-state index is 12.2. The van der Waals surface area contributed by atoms with Gasteiger partial charge >= 0.3 is 0 Å². The molecule has 2 heterocycles. The highest BCUT2D eigenvalue weighted by Crippen LogP contribution is 2.17. The van der Waals surface area contributed by atoms with Gasteiger partial charge in [0.25, 0.3) is 0 Å². The zero-order valence-electron chi connectivity index (χ0n) is 12.0. The third-order valence-electron chi connectivity index (χ3n) is 3.93. The van der Waals surface area contributed by atoms with Gasteiger partial charge < -0.3 is 14.6 Å². The molecule has 0 radical (unpaired) electrons. The molecule has 0 amide bonds. The van der Waals surface area contributed by atoms with Crippen molar-refractivity contribution in [2.45, 2.75) is 24.8 Å². The van der Waals surface area contributed by atoms with E-state index in [0.29, 0.717) is 18.2 Å². The smallest absolute Gasteiger partial charge is 0.242 e. The molecular weight excluding hydrogens is 278 g/mol. The van der Waals surface area contributed by atoms with E-state index >= 15 is 0 Å². The average Bonchev–Trinajstić information content (AvgIpc) is 3.02. The SMILES string of the molecule is CCN1CCC(CNS(=O)(=O)c2cc(CO)n(C)c2)C1. The van der Waals surface area contributed by atoms with Crippen molar-refractivity contribution in [3.05, 3.63) is 18.0 Å². The zero-order valence-corrected chi connectivity index (χ0v) is 12.9. The van der Waals surface area contributed by atoms with Crippen molar-refractivity contribution in [2.24, 2.45) is 13.0 Å². The minimum Gasteiger partial charge on any atom is -0.390 e. The largest absolute Gasteiger partial charge is 0.390 e. The molecular formula is C13H23N3O3S. The Labute approximate surface area is 120 Å². The number of nitrogens with one attached hydrogen (secondary N) is 1. The molecule has 7 heteroatoms. The zero-order chi connectivity index (χ0) is 14.8. The lowest BCUT2D eigenvalue weighted by Gasteiger charge is -2.13. The van der Waals surface area contributed by atoms with E-state index in [1.165, 1.54) is 12.3 Å². The number of nitrogens with zero attached hydrogens (tertiary/aromatic N) is 2. The fourth-order valence-corrected chi connectivity index (χ4v) is 3.77. The Bertz CT molecular complexity index is 553. The van der Waals surface area contributed by atoms with Crippen molar-refractivity contribution in [1.82, 2.24) is 14.2 Å². The first kappa shape index (κ1) is 15.5. The van der Waals surface area contributed by atoms with Gasteiger partial charge in [-0.1, -0.05) is 6.92 Å². The second-order valence-corrected chi connectivity index (χ2v) is 7.10. The second-order valence-electron chi connectivity index (χ2n) is 5.34. The van der Waals surface area contributed by atoms with Gasteiger partial charge in [-0.05, 0) is 31.5 Å². The van der Waals surface area contributed by atoms with Gasteiger partial charge in [0.2, 0.25) is 10.0 Å². The standard InChI is InChI=1S/C13H23N3O3S/c1-3-16-5-4-11(8-16)7-14-20(18,19)13-6-12(10-17)15(2)9-13/h6,9,11,14,17H,3-5,7-8,10H2,1-2H3. The number of hydrogen-bond donors (Lipinski definition) is 2. The highest BCUT2D eigenvalue weighted by atomic mass is 32.2. The Hall–Kier alpha value is -0.890. The average molecular weight is 301 g/mol. The predicted octanol–water partition coefficient (Wildman–Crippen LogP) is 0.138. The van der Waals surface area contributed by atoms with Gasteiger partial charge in [-0.15, -0.1) is 0 Å². The van der Waals surface area contributed by atoms with Gasteiger partial charge in [0.05, 0.1) is 11.5 Å². The Balaban J connectivity index is 1.97. The van der Waals surface area contributed by atoms with E-state index < -0.39 is 10.0 Å². The molecule has 1 unspecified atom stereocenters. The van der Waals surface area contributed by atoms with Gasteiger partial charge in [0.15, 0.2) is 0 Å². The molecule has 114 valence electrons. The van der Waals surface area contributed by atoms with E-state index in [4.69, 9.17) is 5.11 Å². The summed E-state index contributed by atoms with van der Waals surface area (Å²) in [7, 11) is -1.76. The molecule has 1 aliphatic rings. The van der Waals surface area contributed by atoms with Crippen molar-refractivity contribution in [3.8, 4) is 0 Å². The molecule has 1 atom stereocenters. The second kappa shape index (κ2) is 6.26. The van der Waals surface area contributed by atoms with Crippen LogP contribution < -0.4 is 4.72 Å². The van der Waals surface area contributed by atoms with Gasteiger partial charge in [-0.2, -0.15) is 0 Å². The van der Waals surface area contributed by atoms with Crippen LogP contribution in [0.2, 0.25) is 0 Å². The molecule has 0 spiro atoms. The molecule has 1 aliphatic heterocycles. The summed E-state index contributed by atoms with van der Waals surface area (Å²) in [6.45, 7) is 5.44.